The molecule has 1 aromatic carbocycles. The van der Waals surface area contributed by atoms with Gasteiger partial charge in [-0.05, 0) is 18.1 Å². The van der Waals surface area contributed by atoms with Gasteiger partial charge in [-0.1, -0.05) is 41.9 Å². The van der Waals surface area contributed by atoms with Gasteiger partial charge in [-0.3, -0.25) is 0 Å². The van der Waals surface area contributed by atoms with Crippen molar-refractivity contribution < 1.29 is 19.7 Å². The summed E-state index contributed by atoms with van der Waals surface area (Å²) in [7, 11) is 0. The second-order valence-corrected chi connectivity index (χ2v) is 5.83. The molecule has 0 aliphatic rings. The van der Waals surface area contributed by atoms with Gasteiger partial charge in [-0.15, -0.1) is 0 Å². The van der Waals surface area contributed by atoms with Crippen LogP contribution >= 0.6 is 11.6 Å². The number of amides is 1. The van der Waals surface area contributed by atoms with Crippen LogP contribution in [0.2, 0.25) is 5.02 Å². The summed E-state index contributed by atoms with van der Waals surface area (Å²) in [5, 5.41) is 22.9. The van der Waals surface area contributed by atoms with E-state index in [0.717, 1.165) is 5.56 Å². The number of benzene rings is 1. The average molecular weight is 366 g/mol. The zero-order valence-corrected chi connectivity index (χ0v) is 14.2. The van der Waals surface area contributed by atoms with E-state index in [1.165, 1.54) is 12.3 Å². The number of carbonyl (C=O) groups is 1. The predicted molar refractivity (Wildman–Crippen MR) is 93.9 cm³/mol. The van der Waals surface area contributed by atoms with Gasteiger partial charge in [0.15, 0.2) is 0 Å². The lowest BCUT2D eigenvalue weighted by Gasteiger charge is -2.19. The largest absolute Gasteiger partial charge is 0.445 e. The van der Waals surface area contributed by atoms with Crippen LogP contribution in [-0.4, -0.2) is 33.9 Å². The van der Waals surface area contributed by atoms with Crippen molar-refractivity contribution in [3.63, 3.8) is 0 Å². The molecule has 0 fully saturated rings. The molecule has 134 valence electrons. The van der Waals surface area contributed by atoms with E-state index in [4.69, 9.17) is 22.1 Å². The molecule has 1 aromatic heterocycles. The Morgan fingerprint density at radius 2 is 2.04 bits per heavy atom. The highest BCUT2D eigenvalue weighted by Crippen LogP contribution is 2.26. The first-order valence-corrected chi connectivity index (χ1v) is 8.06. The Bertz CT molecular complexity index is 700. The van der Waals surface area contributed by atoms with Gasteiger partial charge >= 0.3 is 6.09 Å². The van der Waals surface area contributed by atoms with Crippen molar-refractivity contribution >= 4 is 23.5 Å². The topological polar surface area (TPSA) is 118 Å². The molecule has 0 spiro atoms. The van der Waals surface area contributed by atoms with Crippen LogP contribution < -0.4 is 11.1 Å². The molecule has 0 saturated carbocycles. The Morgan fingerprint density at radius 3 is 2.72 bits per heavy atom. The van der Waals surface area contributed by atoms with Gasteiger partial charge in [0.1, 0.15) is 18.5 Å². The number of anilines is 1. The molecular formula is C17H20ClN3O4. The molecule has 1 amide bonds. The second kappa shape index (κ2) is 9.22. The zero-order valence-electron chi connectivity index (χ0n) is 13.4. The summed E-state index contributed by atoms with van der Waals surface area (Å²) >= 11 is 5.97. The number of pyridine rings is 1. The first kappa shape index (κ1) is 19.0. The van der Waals surface area contributed by atoms with Gasteiger partial charge < -0.3 is 26.0 Å². The fraction of sp³-hybridized carbons (Fsp3) is 0.294. The van der Waals surface area contributed by atoms with Crippen molar-refractivity contribution in [2.24, 2.45) is 0 Å². The number of halogens is 1. The fourth-order valence-electron chi connectivity index (χ4n) is 2.14. The number of hydrogen-bond donors (Lipinski definition) is 4. The third-order valence-corrected chi connectivity index (χ3v) is 3.84. The zero-order chi connectivity index (χ0) is 18.2. The van der Waals surface area contributed by atoms with E-state index in [2.05, 4.69) is 10.3 Å². The molecule has 8 heteroatoms. The molecule has 0 aliphatic carbocycles. The molecular weight excluding hydrogens is 346 g/mol. The number of nitrogens with zero attached hydrogens (tertiary/aromatic N) is 1. The summed E-state index contributed by atoms with van der Waals surface area (Å²) in [5.41, 5.74) is 6.63. The maximum absolute atomic E-state index is 11.6. The monoisotopic (exact) mass is 365 g/mol. The summed E-state index contributed by atoms with van der Waals surface area (Å²) in [4.78, 5) is 15.4. The van der Waals surface area contributed by atoms with Crippen molar-refractivity contribution in [1.29, 1.82) is 0 Å². The summed E-state index contributed by atoms with van der Waals surface area (Å²) in [6.07, 6.45) is -1.53. The first-order chi connectivity index (χ1) is 12.0. The Kier molecular flexibility index (Phi) is 7.00. The van der Waals surface area contributed by atoms with Crippen LogP contribution in [0, 0.1) is 0 Å². The summed E-state index contributed by atoms with van der Waals surface area (Å²) in [6.45, 7) is 0.288. The van der Waals surface area contributed by atoms with Crippen molar-refractivity contribution in [1.82, 2.24) is 10.3 Å². The summed E-state index contributed by atoms with van der Waals surface area (Å²) in [6, 6.07) is 10.7. The maximum atomic E-state index is 11.6. The van der Waals surface area contributed by atoms with Crippen molar-refractivity contribution in [3.8, 4) is 0 Å². The number of aliphatic hydroxyl groups is 2. The number of alkyl carbamates (subject to hydrolysis) is 1. The van der Waals surface area contributed by atoms with E-state index in [9.17, 15) is 15.0 Å². The lowest BCUT2D eigenvalue weighted by atomic mass is 10.0. The van der Waals surface area contributed by atoms with Crippen molar-refractivity contribution in [2.75, 3.05) is 12.3 Å². The summed E-state index contributed by atoms with van der Waals surface area (Å²) in [5.74, 6) is 0.221. The molecule has 2 rings (SSSR count). The number of hydrogen-bond acceptors (Lipinski definition) is 6. The molecule has 25 heavy (non-hydrogen) atoms. The molecule has 2 atom stereocenters. The Labute approximate surface area is 150 Å². The third-order valence-electron chi connectivity index (χ3n) is 3.51. The highest BCUT2D eigenvalue weighted by atomic mass is 35.5. The van der Waals surface area contributed by atoms with Crippen LogP contribution in [0.25, 0.3) is 0 Å². The first-order valence-electron chi connectivity index (χ1n) is 7.69. The highest BCUT2D eigenvalue weighted by molar-refractivity contribution is 6.31. The Hall–Kier alpha value is -2.35. The van der Waals surface area contributed by atoms with Crippen LogP contribution in [0.4, 0.5) is 10.6 Å². The van der Waals surface area contributed by atoms with Gasteiger partial charge in [0.2, 0.25) is 0 Å². The number of carbonyl (C=O) groups excluding carboxylic acids is 1. The number of rotatable bonds is 7. The molecule has 0 aliphatic heterocycles. The van der Waals surface area contributed by atoms with Crippen LogP contribution in [0.15, 0.2) is 42.6 Å². The third kappa shape index (κ3) is 5.90. The number of ether oxygens (including phenoxy) is 1. The lowest BCUT2D eigenvalue weighted by Crippen LogP contribution is -2.29. The van der Waals surface area contributed by atoms with Crippen molar-refractivity contribution in [2.45, 2.75) is 25.2 Å². The number of aliphatic hydroxyl groups excluding tert-OH is 2. The number of nitrogen functional groups attached to an aromatic ring is 1. The number of nitrogens with one attached hydrogen (secondary N) is 1. The maximum Gasteiger partial charge on any atom is 0.407 e. The van der Waals surface area contributed by atoms with E-state index >= 15 is 0 Å². The minimum Gasteiger partial charge on any atom is -0.445 e. The molecule has 0 saturated heterocycles. The SMILES string of the molecule is Nc1cc(Cl)c(C(O)C(O)CCNC(=O)OCc2ccccc2)cn1. The standard InChI is InChI=1S/C17H20ClN3O4/c18-13-8-15(19)21-9-12(13)16(23)14(22)6-7-20-17(24)25-10-11-4-2-1-3-5-11/h1-5,8-9,14,16,22-23H,6-7,10H2,(H2,19,21)(H,20,24). The predicted octanol–water partition coefficient (Wildman–Crippen LogP) is 2.03. The highest BCUT2D eigenvalue weighted by Gasteiger charge is 2.21. The van der Waals surface area contributed by atoms with Crippen LogP contribution in [0.3, 0.4) is 0 Å². The molecule has 1 heterocycles. The van der Waals surface area contributed by atoms with E-state index < -0.39 is 18.3 Å². The van der Waals surface area contributed by atoms with Gasteiger partial charge in [-0.2, -0.15) is 0 Å². The van der Waals surface area contributed by atoms with Crippen molar-refractivity contribution in [3.05, 3.63) is 58.7 Å². The molecule has 2 aromatic rings. The second-order valence-electron chi connectivity index (χ2n) is 5.42. The Morgan fingerprint density at radius 1 is 1.32 bits per heavy atom. The van der Waals surface area contributed by atoms with Crippen LogP contribution in [0.1, 0.15) is 23.7 Å². The van der Waals surface area contributed by atoms with Crippen LogP contribution in [0.5, 0.6) is 0 Å². The normalized spacial score (nSPS) is 13.1. The van der Waals surface area contributed by atoms with E-state index in [1.807, 2.05) is 30.3 Å². The van der Waals surface area contributed by atoms with Gasteiger partial charge in [0, 0.05) is 18.3 Å². The van der Waals surface area contributed by atoms with Crippen LogP contribution in [-0.2, 0) is 11.3 Å². The summed E-state index contributed by atoms with van der Waals surface area (Å²) < 4.78 is 5.05. The number of aromatic nitrogens is 1. The fourth-order valence-corrected chi connectivity index (χ4v) is 2.41. The molecule has 7 nitrogen and oxygen atoms in total. The minimum atomic E-state index is -1.23. The minimum absolute atomic E-state index is 0.113. The average Bonchev–Trinajstić information content (AvgIpc) is 2.60. The van der Waals surface area contributed by atoms with E-state index in [1.54, 1.807) is 0 Å². The van der Waals surface area contributed by atoms with Gasteiger partial charge in [-0.25, -0.2) is 9.78 Å². The molecule has 2 unspecified atom stereocenters. The quantitative estimate of drug-likeness (QED) is 0.596. The lowest BCUT2D eigenvalue weighted by molar-refractivity contribution is 0.0135. The Balaban J connectivity index is 1.74. The smallest absolute Gasteiger partial charge is 0.407 e. The molecule has 5 N–H and O–H groups in total. The van der Waals surface area contributed by atoms with Gasteiger partial charge in [0.05, 0.1) is 11.1 Å². The van der Waals surface area contributed by atoms with E-state index in [0.29, 0.717) is 0 Å². The van der Waals surface area contributed by atoms with Gasteiger partial charge in [0.25, 0.3) is 0 Å². The molecule has 0 radical (unpaired) electrons. The van der Waals surface area contributed by atoms with E-state index in [-0.39, 0.29) is 36.0 Å². The number of nitrogens with two attached hydrogens (primary N) is 1. The molecule has 0 bridgehead atoms.